The van der Waals surface area contributed by atoms with Gasteiger partial charge >= 0.3 is 6.09 Å². The number of amides is 1. The first-order valence-corrected chi connectivity index (χ1v) is 13.0. The fourth-order valence-corrected chi connectivity index (χ4v) is 4.73. The summed E-state index contributed by atoms with van der Waals surface area (Å²) in [5.74, 6) is 0.797. The average Bonchev–Trinajstić information content (AvgIpc) is 3.33. The standard InChI is InChI=1S/C29H35N7O2/c1-19(2)18-38-29(37)33-23-9-5-22(6-10-23)26-20(3)32-28-25(17-31-36(28)27(26)30)21-7-11-24(12-8-21)35-15-13-34(4)14-16-35/h5-12,17,19H,13-16,18,30H2,1-4H3,(H,33,37). The zero-order chi connectivity index (χ0) is 26.8. The number of hydrogen-bond acceptors (Lipinski definition) is 7. The van der Waals surface area contributed by atoms with Crippen LogP contribution in [0.5, 0.6) is 0 Å². The van der Waals surface area contributed by atoms with Gasteiger partial charge in [-0.15, -0.1) is 0 Å². The zero-order valence-corrected chi connectivity index (χ0v) is 22.4. The third-order valence-electron chi connectivity index (χ3n) is 6.88. The SMILES string of the molecule is Cc1nc2c(-c3ccc(N4CCN(C)CC4)cc3)cnn2c(N)c1-c1ccc(NC(=O)OCC(C)C)cc1. The molecule has 0 atom stereocenters. The number of ether oxygens (including phenoxy) is 1. The van der Waals surface area contributed by atoms with E-state index >= 15 is 0 Å². The molecule has 1 aliphatic rings. The van der Waals surface area contributed by atoms with Crippen molar-refractivity contribution < 1.29 is 9.53 Å². The highest BCUT2D eigenvalue weighted by atomic mass is 16.5. The van der Waals surface area contributed by atoms with Crippen LogP contribution in [0.4, 0.5) is 22.0 Å². The van der Waals surface area contributed by atoms with Gasteiger partial charge in [0.05, 0.1) is 18.5 Å². The van der Waals surface area contributed by atoms with E-state index in [1.807, 2.05) is 51.2 Å². The number of likely N-dealkylation sites (N-methyl/N-ethyl adjacent to an activating group) is 1. The topological polar surface area (TPSA) is 101 Å². The molecule has 1 aliphatic heterocycles. The normalized spacial score (nSPS) is 14.3. The van der Waals surface area contributed by atoms with Crippen molar-refractivity contribution in [3.05, 3.63) is 60.4 Å². The molecule has 0 spiro atoms. The van der Waals surface area contributed by atoms with Gasteiger partial charge in [0.25, 0.3) is 0 Å². The minimum Gasteiger partial charge on any atom is -0.449 e. The fraction of sp³-hybridized carbons (Fsp3) is 0.345. The lowest BCUT2D eigenvalue weighted by atomic mass is 10.0. The van der Waals surface area contributed by atoms with Gasteiger partial charge in [0.1, 0.15) is 5.82 Å². The van der Waals surface area contributed by atoms with E-state index in [9.17, 15) is 4.79 Å². The number of hydrogen-bond donors (Lipinski definition) is 2. The lowest BCUT2D eigenvalue weighted by Gasteiger charge is -2.34. The van der Waals surface area contributed by atoms with Crippen molar-refractivity contribution in [2.24, 2.45) is 5.92 Å². The van der Waals surface area contributed by atoms with Crippen LogP contribution in [0.2, 0.25) is 0 Å². The van der Waals surface area contributed by atoms with Crippen molar-refractivity contribution in [3.8, 4) is 22.3 Å². The molecule has 3 N–H and O–H groups in total. The Hall–Kier alpha value is -4.11. The maximum absolute atomic E-state index is 12.0. The number of nitrogens with two attached hydrogens (primary N) is 1. The monoisotopic (exact) mass is 513 g/mol. The number of nitrogen functional groups attached to an aromatic ring is 1. The Labute approximate surface area is 223 Å². The van der Waals surface area contributed by atoms with Crippen LogP contribution in [0, 0.1) is 12.8 Å². The van der Waals surface area contributed by atoms with Crippen LogP contribution in [0.1, 0.15) is 19.5 Å². The largest absolute Gasteiger partial charge is 0.449 e. The molecule has 2 aromatic heterocycles. The van der Waals surface area contributed by atoms with Crippen LogP contribution in [0.15, 0.2) is 54.7 Å². The molecule has 1 saturated heterocycles. The van der Waals surface area contributed by atoms with Gasteiger partial charge in [-0.2, -0.15) is 9.61 Å². The number of aryl methyl sites for hydroxylation is 1. The fourth-order valence-electron chi connectivity index (χ4n) is 4.73. The van der Waals surface area contributed by atoms with Crippen LogP contribution in [0.25, 0.3) is 27.9 Å². The quantitative estimate of drug-likeness (QED) is 0.378. The van der Waals surface area contributed by atoms with E-state index in [0.717, 1.165) is 59.8 Å². The van der Waals surface area contributed by atoms with E-state index in [0.29, 0.717) is 18.1 Å². The number of nitrogens with zero attached hydrogens (tertiary/aromatic N) is 5. The van der Waals surface area contributed by atoms with E-state index in [2.05, 4.69) is 51.5 Å². The number of carbonyl (C=O) groups is 1. The van der Waals surface area contributed by atoms with Crippen molar-refractivity contribution in [2.75, 3.05) is 55.8 Å². The molecule has 5 rings (SSSR count). The Morgan fingerprint density at radius 3 is 2.34 bits per heavy atom. The molecule has 9 heteroatoms. The van der Waals surface area contributed by atoms with Gasteiger partial charge in [-0.25, -0.2) is 9.78 Å². The first-order chi connectivity index (χ1) is 18.3. The van der Waals surface area contributed by atoms with E-state index in [1.165, 1.54) is 5.69 Å². The predicted octanol–water partition coefficient (Wildman–Crippen LogP) is 4.91. The predicted molar refractivity (Wildman–Crippen MR) is 153 cm³/mol. The summed E-state index contributed by atoms with van der Waals surface area (Å²) < 4.78 is 6.89. The highest BCUT2D eigenvalue weighted by Crippen LogP contribution is 2.33. The molecule has 0 saturated carbocycles. The van der Waals surface area contributed by atoms with Gasteiger partial charge in [0.2, 0.25) is 0 Å². The second-order valence-corrected chi connectivity index (χ2v) is 10.3. The number of fused-ring (bicyclic) bond motifs is 1. The number of piperazine rings is 1. The summed E-state index contributed by atoms with van der Waals surface area (Å²) >= 11 is 0. The zero-order valence-electron chi connectivity index (χ0n) is 22.4. The van der Waals surface area contributed by atoms with Gasteiger partial charge in [-0.3, -0.25) is 5.32 Å². The van der Waals surface area contributed by atoms with E-state index in [1.54, 1.807) is 4.52 Å². The number of aromatic nitrogens is 3. The first-order valence-electron chi connectivity index (χ1n) is 13.0. The third kappa shape index (κ3) is 5.28. The summed E-state index contributed by atoms with van der Waals surface area (Å²) in [6.45, 7) is 10.5. The van der Waals surface area contributed by atoms with E-state index in [4.69, 9.17) is 15.5 Å². The molecule has 0 aliphatic carbocycles. The summed E-state index contributed by atoms with van der Waals surface area (Å²) in [6.07, 6.45) is 1.36. The van der Waals surface area contributed by atoms with E-state index < -0.39 is 6.09 Å². The van der Waals surface area contributed by atoms with Crippen molar-refractivity contribution in [3.63, 3.8) is 0 Å². The van der Waals surface area contributed by atoms with Crippen molar-refractivity contribution in [2.45, 2.75) is 20.8 Å². The van der Waals surface area contributed by atoms with Crippen LogP contribution in [-0.4, -0.2) is 65.4 Å². The molecule has 0 radical (unpaired) electrons. The van der Waals surface area contributed by atoms with Gasteiger partial charge in [0, 0.05) is 48.7 Å². The second-order valence-electron chi connectivity index (χ2n) is 10.3. The smallest absolute Gasteiger partial charge is 0.411 e. The number of nitrogens with one attached hydrogen (secondary N) is 1. The summed E-state index contributed by atoms with van der Waals surface area (Å²) in [5.41, 5.74) is 13.7. The third-order valence-corrected chi connectivity index (χ3v) is 6.88. The Kier molecular flexibility index (Phi) is 7.20. The summed E-state index contributed by atoms with van der Waals surface area (Å²) in [5, 5.41) is 7.33. The minimum atomic E-state index is -0.467. The van der Waals surface area contributed by atoms with Crippen LogP contribution < -0.4 is 16.0 Å². The molecule has 0 bridgehead atoms. The Morgan fingerprint density at radius 2 is 1.68 bits per heavy atom. The highest BCUT2D eigenvalue weighted by Gasteiger charge is 2.18. The summed E-state index contributed by atoms with van der Waals surface area (Å²) in [6, 6.07) is 16.1. The molecule has 1 amide bonds. The van der Waals surface area contributed by atoms with Crippen LogP contribution >= 0.6 is 0 Å². The lowest BCUT2D eigenvalue weighted by Crippen LogP contribution is -2.44. The average molecular weight is 514 g/mol. The number of benzene rings is 2. The highest BCUT2D eigenvalue weighted by molar-refractivity contribution is 5.87. The Morgan fingerprint density at radius 1 is 1.03 bits per heavy atom. The van der Waals surface area contributed by atoms with Crippen molar-refractivity contribution in [1.29, 1.82) is 0 Å². The molecule has 198 valence electrons. The molecule has 9 nitrogen and oxygen atoms in total. The molecule has 2 aromatic carbocycles. The maximum Gasteiger partial charge on any atom is 0.411 e. The molecule has 1 fully saturated rings. The molecule has 0 unspecified atom stereocenters. The summed E-state index contributed by atoms with van der Waals surface area (Å²) in [7, 11) is 2.16. The molecular weight excluding hydrogens is 478 g/mol. The maximum atomic E-state index is 12.0. The van der Waals surface area contributed by atoms with Crippen LogP contribution in [-0.2, 0) is 4.74 Å². The van der Waals surface area contributed by atoms with Gasteiger partial charge in [0.15, 0.2) is 5.65 Å². The van der Waals surface area contributed by atoms with Crippen molar-refractivity contribution in [1.82, 2.24) is 19.5 Å². The first kappa shape index (κ1) is 25.5. The number of anilines is 3. The number of carbonyl (C=O) groups excluding carboxylic acids is 1. The molecular formula is C29H35N7O2. The number of rotatable bonds is 6. The minimum absolute atomic E-state index is 0.278. The van der Waals surface area contributed by atoms with Gasteiger partial charge in [-0.05, 0) is 55.3 Å². The van der Waals surface area contributed by atoms with E-state index in [-0.39, 0.29) is 5.92 Å². The Balaban J connectivity index is 1.37. The molecule has 3 heterocycles. The second kappa shape index (κ2) is 10.7. The van der Waals surface area contributed by atoms with Crippen molar-refractivity contribution >= 4 is 28.9 Å². The molecule has 4 aromatic rings. The van der Waals surface area contributed by atoms with Crippen LogP contribution in [0.3, 0.4) is 0 Å². The van der Waals surface area contributed by atoms with Gasteiger partial charge < -0.3 is 20.3 Å². The van der Waals surface area contributed by atoms with Gasteiger partial charge in [-0.1, -0.05) is 38.1 Å². The molecule has 38 heavy (non-hydrogen) atoms. The lowest BCUT2D eigenvalue weighted by molar-refractivity contribution is 0.147. The Bertz CT molecular complexity index is 1420. The summed E-state index contributed by atoms with van der Waals surface area (Å²) in [4.78, 5) is 21.6.